The molecule has 15 heavy (non-hydrogen) atoms. The molecular formula is C12H24O3. The Morgan fingerprint density at radius 1 is 1.20 bits per heavy atom. The molecule has 0 aliphatic heterocycles. The molecule has 0 aliphatic rings. The van der Waals surface area contributed by atoms with Crippen molar-refractivity contribution in [2.75, 3.05) is 13.2 Å². The van der Waals surface area contributed by atoms with E-state index in [0.717, 1.165) is 12.8 Å². The molecule has 0 aliphatic carbocycles. The Kier molecular flexibility index (Phi) is 8.38. The summed E-state index contributed by atoms with van der Waals surface area (Å²) in [5.74, 6) is 0.403. The predicted molar refractivity (Wildman–Crippen MR) is 60.7 cm³/mol. The average Bonchev–Trinajstić information content (AvgIpc) is 2.20. The molecule has 0 fully saturated rings. The Balaban J connectivity index is 3.44. The molecule has 3 heteroatoms. The molecule has 0 saturated heterocycles. The van der Waals surface area contributed by atoms with E-state index in [-0.39, 0.29) is 12.1 Å². The molecule has 0 aromatic carbocycles. The van der Waals surface area contributed by atoms with Gasteiger partial charge in [-0.25, -0.2) is 0 Å². The number of hydrogen-bond donors (Lipinski definition) is 0. The molecule has 0 radical (unpaired) electrons. The minimum atomic E-state index is -0.114. The van der Waals surface area contributed by atoms with Gasteiger partial charge in [0.05, 0.1) is 6.10 Å². The third-order valence-electron chi connectivity index (χ3n) is 1.93. The first-order chi connectivity index (χ1) is 7.06. The summed E-state index contributed by atoms with van der Waals surface area (Å²) in [6, 6.07) is 0. The van der Waals surface area contributed by atoms with Gasteiger partial charge in [0, 0.05) is 13.0 Å². The first-order valence-corrected chi connectivity index (χ1v) is 5.83. The van der Waals surface area contributed by atoms with Gasteiger partial charge < -0.3 is 9.47 Å². The van der Waals surface area contributed by atoms with E-state index in [1.54, 1.807) is 0 Å². The van der Waals surface area contributed by atoms with Crippen LogP contribution in [0.25, 0.3) is 0 Å². The van der Waals surface area contributed by atoms with Crippen LogP contribution in [0.3, 0.4) is 0 Å². The van der Waals surface area contributed by atoms with Crippen molar-refractivity contribution in [1.82, 2.24) is 0 Å². The van der Waals surface area contributed by atoms with Gasteiger partial charge in [-0.1, -0.05) is 27.2 Å². The third-order valence-corrected chi connectivity index (χ3v) is 1.93. The summed E-state index contributed by atoms with van der Waals surface area (Å²) < 4.78 is 10.6. The highest BCUT2D eigenvalue weighted by Crippen LogP contribution is 2.01. The maximum absolute atomic E-state index is 11.2. The van der Waals surface area contributed by atoms with Crippen LogP contribution in [0, 0.1) is 5.92 Å². The maximum Gasteiger partial charge on any atom is 0.305 e. The van der Waals surface area contributed by atoms with Crippen molar-refractivity contribution in [3.63, 3.8) is 0 Å². The molecule has 90 valence electrons. The minimum Gasteiger partial charge on any atom is -0.463 e. The Labute approximate surface area is 93.1 Å². The Morgan fingerprint density at radius 2 is 1.87 bits per heavy atom. The number of carbonyl (C=O) groups excluding carboxylic acids is 1. The summed E-state index contributed by atoms with van der Waals surface area (Å²) in [6.45, 7) is 9.26. The molecule has 3 nitrogen and oxygen atoms in total. The lowest BCUT2D eigenvalue weighted by Gasteiger charge is -2.14. The summed E-state index contributed by atoms with van der Waals surface area (Å²) in [5, 5.41) is 0. The van der Waals surface area contributed by atoms with E-state index in [0.29, 0.717) is 25.6 Å². The standard InChI is InChI=1S/C12H24O3/c1-5-6-7-12(13)15-9-11(4)14-8-10(2)3/h10-11H,5-9H2,1-4H3. The highest BCUT2D eigenvalue weighted by Gasteiger charge is 2.07. The fraction of sp³-hybridized carbons (Fsp3) is 0.917. The highest BCUT2D eigenvalue weighted by atomic mass is 16.6. The third kappa shape index (κ3) is 9.73. The second-order valence-electron chi connectivity index (χ2n) is 4.32. The predicted octanol–water partition coefficient (Wildman–Crippen LogP) is 2.78. The number of hydrogen-bond acceptors (Lipinski definition) is 3. The van der Waals surface area contributed by atoms with Crippen LogP contribution in [0.1, 0.15) is 47.0 Å². The fourth-order valence-corrected chi connectivity index (χ4v) is 1.01. The zero-order valence-corrected chi connectivity index (χ0v) is 10.4. The number of unbranched alkanes of at least 4 members (excludes halogenated alkanes) is 1. The zero-order valence-electron chi connectivity index (χ0n) is 10.4. The summed E-state index contributed by atoms with van der Waals surface area (Å²) in [5.41, 5.74) is 0. The maximum atomic E-state index is 11.2. The van der Waals surface area contributed by atoms with Crippen LogP contribution in [-0.4, -0.2) is 25.3 Å². The van der Waals surface area contributed by atoms with E-state index in [1.165, 1.54) is 0 Å². The molecule has 0 aromatic heterocycles. The van der Waals surface area contributed by atoms with Gasteiger partial charge in [-0.15, -0.1) is 0 Å². The van der Waals surface area contributed by atoms with E-state index in [9.17, 15) is 4.79 Å². The largest absolute Gasteiger partial charge is 0.463 e. The number of ether oxygens (including phenoxy) is 2. The van der Waals surface area contributed by atoms with Gasteiger partial charge in [0.1, 0.15) is 6.61 Å². The van der Waals surface area contributed by atoms with Crippen molar-refractivity contribution < 1.29 is 14.3 Å². The molecule has 0 rings (SSSR count). The lowest BCUT2D eigenvalue weighted by Crippen LogP contribution is -2.20. The molecule has 0 bridgehead atoms. The summed E-state index contributed by atoms with van der Waals surface area (Å²) in [4.78, 5) is 11.2. The monoisotopic (exact) mass is 216 g/mol. The Morgan fingerprint density at radius 3 is 2.40 bits per heavy atom. The molecule has 0 amide bonds. The molecule has 1 atom stereocenters. The molecule has 0 spiro atoms. The van der Waals surface area contributed by atoms with Crippen LogP contribution in [0.5, 0.6) is 0 Å². The van der Waals surface area contributed by atoms with Crippen molar-refractivity contribution in [1.29, 1.82) is 0 Å². The van der Waals surface area contributed by atoms with Gasteiger partial charge >= 0.3 is 5.97 Å². The highest BCUT2D eigenvalue weighted by molar-refractivity contribution is 5.69. The minimum absolute atomic E-state index is 0.00187. The molecule has 0 aromatic rings. The lowest BCUT2D eigenvalue weighted by atomic mass is 10.2. The zero-order chi connectivity index (χ0) is 11.7. The van der Waals surface area contributed by atoms with Gasteiger partial charge in [-0.2, -0.15) is 0 Å². The number of rotatable bonds is 8. The summed E-state index contributed by atoms with van der Waals surface area (Å²) in [6.07, 6.45) is 2.44. The first kappa shape index (κ1) is 14.4. The van der Waals surface area contributed by atoms with Gasteiger partial charge in [0.15, 0.2) is 0 Å². The summed E-state index contributed by atoms with van der Waals surface area (Å²) >= 11 is 0. The van der Waals surface area contributed by atoms with Gasteiger partial charge in [0.25, 0.3) is 0 Å². The van der Waals surface area contributed by atoms with Gasteiger partial charge in [0.2, 0.25) is 0 Å². The Hall–Kier alpha value is -0.570. The second-order valence-corrected chi connectivity index (χ2v) is 4.32. The van der Waals surface area contributed by atoms with Crippen molar-refractivity contribution in [3.8, 4) is 0 Å². The quantitative estimate of drug-likeness (QED) is 0.585. The Bertz CT molecular complexity index is 166. The molecule has 1 unspecified atom stereocenters. The normalized spacial score (nSPS) is 12.9. The first-order valence-electron chi connectivity index (χ1n) is 5.83. The fourth-order valence-electron chi connectivity index (χ4n) is 1.01. The van der Waals surface area contributed by atoms with E-state index in [1.807, 2.05) is 6.92 Å². The van der Waals surface area contributed by atoms with Crippen molar-refractivity contribution in [2.45, 2.75) is 53.1 Å². The van der Waals surface area contributed by atoms with Crippen LogP contribution in [0.2, 0.25) is 0 Å². The van der Waals surface area contributed by atoms with Crippen molar-refractivity contribution >= 4 is 5.97 Å². The average molecular weight is 216 g/mol. The number of esters is 1. The number of carbonyl (C=O) groups is 1. The smallest absolute Gasteiger partial charge is 0.305 e. The molecular weight excluding hydrogens is 192 g/mol. The SMILES string of the molecule is CCCCC(=O)OCC(C)OCC(C)C. The second kappa shape index (κ2) is 8.72. The van der Waals surface area contributed by atoms with Gasteiger partial charge in [-0.3, -0.25) is 4.79 Å². The van der Waals surface area contributed by atoms with Crippen LogP contribution < -0.4 is 0 Å². The summed E-state index contributed by atoms with van der Waals surface area (Å²) in [7, 11) is 0. The lowest BCUT2D eigenvalue weighted by molar-refractivity contribution is -0.147. The molecule has 0 heterocycles. The van der Waals surface area contributed by atoms with E-state index >= 15 is 0 Å². The van der Waals surface area contributed by atoms with Gasteiger partial charge in [-0.05, 0) is 19.3 Å². The van der Waals surface area contributed by atoms with Crippen molar-refractivity contribution in [3.05, 3.63) is 0 Å². The van der Waals surface area contributed by atoms with E-state index in [4.69, 9.17) is 9.47 Å². The van der Waals surface area contributed by atoms with Crippen LogP contribution in [0.15, 0.2) is 0 Å². The van der Waals surface area contributed by atoms with Crippen molar-refractivity contribution in [2.24, 2.45) is 5.92 Å². The molecule has 0 N–H and O–H groups in total. The van der Waals surface area contributed by atoms with Crippen LogP contribution >= 0.6 is 0 Å². The van der Waals surface area contributed by atoms with E-state index in [2.05, 4.69) is 20.8 Å². The van der Waals surface area contributed by atoms with Crippen LogP contribution in [0.4, 0.5) is 0 Å². The van der Waals surface area contributed by atoms with E-state index < -0.39 is 0 Å². The van der Waals surface area contributed by atoms with Crippen LogP contribution in [-0.2, 0) is 14.3 Å². The topological polar surface area (TPSA) is 35.5 Å². The molecule has 0 saturated carbocycles.